The first-order valence-corrected chi connectivity index (χ1v) is 6.04. The standard InChI is InChI=1S/C15H14N2O2/c1-17-14-8-10(16)2-4-13(14)12-5-3-11(18)6-9(12)7-15(17)19/h2-6,8,18H,7,16H2,1H3. The number of nitrogens with two attached hydrogens (primary N) is 1. The Hall–Kier alpha value is -2.49. The summed E-state index contributed by atoms with van der Waals surface area (Å²) in [6.45, 7) is 0. The van der Waals surface area contributed by atoms with E-state index >= 15 is 0 Å². The molecule has 4 heteroatoms. The molecule has 3 N–H and O–H groups in total. The van der Waals surface area contributed by atoms with E-state index in [1.165, 1.54) is 0 Å². The molecule has 0 aromatic heterocycles. The van der Waals surface area contributed by atoms with Gasteiger partial charge in [0.15, 0.2) is 0 Å². The predicted molar refractivity (Wildman–Crippen MR) is 75.1 cm³/mol. The minimum absolute atomic E-state index is 0.0174. The highest BCUT2D eigenvalue weighted by molar-refractivity contribution is 6.02. The van der Waals surface area contributed by atoms with Crippen molar-refractivity contribution >= 4 is 17.3 Å². The number of fused-ring (bicyclic) bond motifs is 3. The Morgan fingerprint density at radius 1 is 1.16 bits per heavy atom. The van der Waals surface area contributed by atoms with Crippen molar-refractivity contribution in [1.29, 1.82) is 0 Å². The van der Waals surface area contributed by atoms with Crippen LogP contribution in [0, 0.1) is 0 Å². The van der Waals surface area contributed by atoms with E-state index in [1.807, 2.05) is 18.2 Å². The summed E-state index contributed by atoms with van der Waals surface area (Å²) < 4.78 is 0. The summed E-state index contributed by atoms with van der Waals surface area (Å²) in [5.74, 6) is 0.157. The minimum atomic E-state index is -0.0174. The Bertz CT molecular complexity index is 680. The average Bonchev–Trinajstić information content (AvgIpc) is 2.47. The number of hydrogen-bond acceptors (Lipinski definition) is 3. The van der Waals surface area contributed by atoms with Crippen molar-refractivity contribution < 1.29 is 9.90 Å². The molecule has 1 amide bonds. The van der Waals surface area contributed by atoms with Gasteiger partial charge in [-0.1, -0.05) is 12.1 Å². The van der Waals surface area contributed by atoms with E-state index in [-0.39, 0.29) is 18.1 Å². The summed E-state index contributed by atoms with van der Waals surface area (Å²) in [5.41, 5.74) is 9.99. The lowest BCUT2D eigenvalue weighted by molar-refractivity contribution is -0.117. The second kappa shape index (κ2) is 4.02. The molecule has 0 spiro atoms. The van der Waals surface area contributed by atoms with Crippen LogP contribution in [0.5, 0.6) is 5.75 Å². The number of rotatable bonds is 0. The number of amides is 1. The molecule has 0 aliphatic carbocycles. The van der Waals surface area contributed by atoms with Gasteiger partial charge in [-0.2, -0.15) is 0 Å². The fraction of sp³-hybridized carbons (Fsp3) is 0.133. The number of phenols is 1. The lowest BCUT2D eigenvalue weighted by atomic mass is 9.97. The number of nitrogen functional groups attached to an aromatic ring is 1. The van der Waals surface area contributed by atoms with Crippen molar-refractivity contribution in [1.82, 2.24) is 0 Å². The van der Waals surface area contributed by atoms with E-state index < -0.39 is 0 Å². The number of carbonyl (C=O) groups excluding carboxylic acids is 1. The van der Waals surface area contributed by atoms with Crippen molar-refractivity contribution in [2.45, 2.75) is 6.42 Å². The Morgan fingerprint density at radius 3 is 2.68 bits per heavy atom. The van der Waals surface area contributed by atoms with Gasteiger partial charge in [-0.15, -0.1) is 0 Å². The number of hydrogen-bond donors (Lipinski definition) is 2. The summed E-state index contributed by atoms with van der Waals surface area (Å²) in [6.07, 6.45) is 0.273. The van der Waals surface area contributed by atoms with Gasteiger partial charge in [0.05, 0.1) is 12.1 Å². The molecule has 2 aromatic carbocycles. The fourth-order valence-electron chi connectivity index (χ4n) is 2.46. The highest BCUT2D eigenvalue weighted by atomic mass is 16.3. The summed E-state index contributed by atoms with van der Waals surface area (Å²) in [4.78, 5) is 13.8. The maximum Gasteiger partial charge on any atom is 0.231 e. The van der Waals surface area contributed by atoms with Crippen molar-refractivity contribution in [2.24, 2.45) is 0 Å². The zero-order valence-electron chi connectivity index (χ0n) is 10.6. The van der Waals surface area contributed by atoms with E-state index in [1.54, 1.807) is 30.1 Å². The van der Waals surface area contributed by atoms with E-state index in [0.717, 1.165) is 22.4 Å². The molecule has 0 saturated heterocycles. The zero-order valence-corrected chi connectivity index (χ0v) is 10.6. The van der Waals surface area contributed by atoms with Gasteiger partial charge in [0.25, 0.3) is 0 Å². The van der Waals surface area contributed by atoms with Gasteiger partial charge in [0.2, 0.25) is 5.91 Å². The molecule has 1 heterocycles. The van der Waals surface area contributed by atoms with Crippen LogP contribution in [0.4, 0.5) is 11.4 Å². The summed E-state index contributed by atoms with van der Waals surface area (Å²) in [5, 5.41) is 9.58. The van der Waals surface area contributed by atoms with E-state index in [2.05, 4.69) is 0 Å². The molecule has 0 fully saturated rings. The summed E-state index contributed by atoms with van der Waals surface area (Å²) in [7, 11) is 1.74. The zero-order chi connectivity index (χ0) is 13.6. The van der Waals surface area contributed by atoms with Gasteiger partial charge in [0.1, 0.15) is 5.75 Å². The van der Waals surface area contributed by atoms with Gasteiger partial charge in [0, 0.05) is 18.3 Å². The van der Waals surface area contributed by atoms with Gasteiger partial charge >= 0.3 is 0 Å². The first kappa shape index (κ1) is 11.6. The Kier molecular flexibility index (Phi) is 2.45. The van der Waals surface area contributed by atoms with Crippen LogP contribution in [0.25, 0.3) is 11.1 Å². The van der Waals surface area contributed by atoms with Crippen LogP contribution >= 0.6 is 0 Å². The monoisotopic (exact) mass is 254 g/mol. The molecular weight excluding hydrogens is 240 g/mol. The number of likely N-dealkylation sites (N-methyl/N-ethyl adjacent to an activating group) is 1. The molecule has 4 nitrogen and oxygen atoms in total. The van der Waals surface area contributed by atoms with Crippen molar-refractivity contribution in [3.63, 3.8) is 0 Å². The third-order valence-electron chi connectivity index (χ3n) is 3.48. The second-order valence-electron chi connectivity index (χ2n) is 4.75. The first-order valence-electron chi connectivity index (χ1n) is 6.04. The molecule has 3 rings (SSSR count). The fourth-order valence-corrected chi connectivity index (χ4v) is 2.46. The second-order valence-corrected chi connectivity index (χ2v) is 4.75. The number of phenolic OH excluding ortho intramolecular Hbond substituents is 1. The molecule has 2 aromatic rings. The topological polar surface area (TPSA) is 66.6 Å². The van der Waals surface area contributed by atoms with E-state index in [4.69, 9.17) is 5.73 Å². The molecule has 0 unspecified atom stereocenters. The highest BCUT2D eigenvalue weighted by Gasteiger charge is 2.23. The Morgan fingerprint density at radius 2 is 1.89 bits per heavy atom. The largest absolute Gasteiger partial charge is 0.508 e. The SMILES string of the molecule is CN1C(=O)Cc2cc(O)ccc2-c2ccc(N)cc21. The van der Waals surface area contributed by atoms with Crippen LogP contribution in [0.2, 0.25) is 0 Å². The van der Waals surface area contributed by atoms with Crippen molar-refractivity contribution in [3.05, 3.63) is 42.0 Å². The molecule has 1 aliphatic heterocycles. The molecule has 1 aliphatic rings. The van der Waals surface area contributed by atoms with Crippen LogP contribution in [-0.2, 0) is 11.2 Å². The Labute approximate surface area is 111 Å². The van der Waals surface area contributed by atoms with Crippen LogP contribution in [0.1, 0.15) is 5.56 Å². The minimum Gasteiger partial charge on any atom is -0.508 e. The van der Waals surface area contributed by atoms with Gasteiger partial charge in [-0.3, -0.25) is 4.79 Å². The van der Waals surface area contributed by atoms with Crippen LogP contribution in [0.3, 0.4) is 0 Å². The third kappa shape index (κ3) is 1.81. The molecule has 19 heavy (non-hydrogen) atoms. The van der Waals surface area contributed by atoms with Gasteiger partial charge in [-0.25, -0.2) is 0 Å². The maximum absolute atomic E-state index is 12.2. The lowest BCUT2D eigenvalue weighted by Crippen LogP contribution is -2.26. The van der Waals surface area contributed by atoms with Gasteiger partial charge in [-0.05, 0) is 35.4 Å². The maximum atomic E-state index is 12.2. The van der Waals surface area contributed by atoms with Crippen LogP contribution < -0.4 is 10.6 Å². The molecular formula is C15H14N2O2. The third-order valence-corrected chi connectivity index (χ3v) is 3.48. The number of anilines is 2. The number of benzene rings is 2. The van der Waals surface area contributed by atoms with E-state index in [9.17, 15) is 9.90 Å². The number of nitrogens with zero attached hydrogens (tertiary/aromatic N) is 1. The van der Waals surface area contributed by atoms with E-state index in [0.29, 0.717) is 5.69 Å². The quantitative estimate of drug-likeness (QED) is 0.708. The normalized spacial score (nSPS) is 13.7. The molecule has 0 saturated carbocycles. The smallest absolute Gasteiger partial charge is 0.231 e. The summed E-state index contributed by atoms with van der Waals surface area (Å²) >= 11 is 0. The van der Waals surface area contributed by atoms with Crippen LogP contribution in [0.15, 0.2) is 36.4 Å². The van der Waals surface area contributed by atoms with Crippen molar-refractivity contribution in [2.75, 3.05) is 17.7 Å². The number of aromatic hydroxyl groups is 1. The van der Waals surface area contributed by atoms with Crippen molar-refractivity contribution in [3.8, 4) is 16.9 Å². The molecule has 0 bridgehead atoms. The van der Waals surface area contributed by atoms with Gasteiger partial charge < -0.3 is 15.7 Å². The number of carbonyl (C=O) groups is 1. The summed E-state index contributed by atoms with van der Waals surface area (Å²) in [6, 6.07) is 10.7. The highest BCUT2D eigenvalue weighted by Crippen LogP contribution is 2.38. The predicted octanol–water partition coefficient (Wildman–Crippen LogP) is 2.16. The van der Waals surface area contributed by atoms with Crippen LogP contribution in [-0.4, -0.2) is 18.1 Å². The lowest BCUT2D eigenvalue weighted by Gasteiger charge is -2.18. The molecule has 0 atom stereocenters. The molecule has 0 radical (unpaired) electrons. The first-order chi connectivity index (χ1) is 9.06. The molecule has 96 valence electrons. The Balaban J connectivity index is 2.32. The average molecular weight is 254 g/mol.